The number of benzene rings is 1. The first-order valence-corrected chi connectivity index (χ1v) is 6.80. The van der Waals surface area contributed by atoms with Crippen molar-refractivity contribution in [2.24, 2.45) is 0 Å². The van der Waals surface area contributed by atoms with E-state index in [2.05, 4.69) is 10.6 Å². The van der Waals surface area contributed by atoms with Crippen LogP contribution in [0.25, 0.3) is 0 Å². The van der Waals surface area contributed by atoms with Gasteiger partial charge in [-0.05, 0) is 25.3 Å². The topological polar surface area (TPSA) is 78.4 Å². The van der Waals surface area contributed by atoms with Crippen molar-refractivity contribution in [3.05, 3.63) is 35.9 Å². The second-order valence-electron chi connectivity index (χ2n) is 4.96. The van der Waals surface area contributed by atoms with Crippen LogP contribution in [-0.2, 0) is 4.79 Å². The number of carboxylic acid groups (broad SMARTS) is 1. The second kappa shape index (κ2) is 6.93. The smallest absolute Gasteiger partial charge is 0.329 e. The number of nitrogens with one attached hydrogen (secondary N) is 2. The molecule has 0 aliphatic carbocycles. The molecule has 2 unspecified atom stereocenters. The number of carbonyl (C=O) groups excluding carboxylic acids is 1. The molecule has 0 radical (unpaired) electrons. The summed E-state index contributed by atoms with van der Waals surface area (Å²) in [5, 5.41) is 14.5. The maximum absolute atomic E-state index is 12.0. The van der Waals surface area contributed by atoms with Crippen LogP contribution in [0.5, 0.6) is 0 Å². The summed E-state index contributed by atoms with van der Waals surface area (Å²) in [6.45, 7) is 5.19. The molecule has 2 amide bonds. The fourth-order valence-corrected chi connectivity index (χ4v) is 1.84. The molecule has 0 fully saturated rings. The molecule has 110 valence electrons. The monoisotopic (exact) mass is 278 g/mol. The zero-order chi connectivity index (χ0) is 15.2. The van der Waals surface area contributed by atoms with Crippen LogP contribution in [0, 0.1) is 0 Å². The van der Waals surface area contributed by atoms with Crippen molar-refractivity contribution in [3.63, 3.8) is 0 Å². The Balaban J connectivity index is 2.72. The minimum atomic E-state index is -1.25. The second-order valence-corrected chi connectivity index (χ2v) is 4.96. The lowest BCUT2D eigenvalue weighted by Crippen LogP contribution is -2.55. The Morgan fingerprint density at radius 1 is 1.25 bits per heavy atom. The number of aliphatic carboxylic acids is 1. The number of hydrogen-bond donors (Lipinski definition) is 3. The van der Waals surface area contributed by atoms with Gasteiger partial charge in [0.15, 0.2) is 0 Å². The van der Waals surface area contributed by atoms with Crippen LogP contribution < -0.4 is 10.6 Å². The predicted molar refractivity (Wildman–Crippen MR) is 77.5 cm³/mol. The van der Waals surface area contributed by atoms with Gasteiger partial charge in [0.05, 0.1) is 6.04 Å². The highest BCUT2D eigenvalue weighted by atomic mass is 16.4. The lowest BCUT2D eigenvalue weighted by molar-refractivity contribution is -0.143. The molecule has 0 aliphatic heterocycles. The number of amides is 2. The highest BCUT2D eigenvalue weighted by Crippen LogP contribution is 2.16. The molecule has 20 heavy (non-hydrogen) atoms. The Hall–Kier alpha value is -2.04. The quantitative estimate of drug-likeness (QED) is 0.748. The molecule has 0 saturated heterocycles. The summed E-state index contributed by atoms with van der Waals surface area (Å²) in [6, 6.07) is 9.00. The van der Waals surface area contributed by atoms with Gasteiger partial charge in [-0.1, -0.05) is 44.2 Å². The Bertz CT molecular complexity index is 461. The molecule has 5 nitrogen and oxygen atoms in total. The third kappa shape index (κ3) is 3.98. The SMILES string of the molecule is CCC(NC(=O)NC(C)(CC)C(=O)O)c1ccccc1. The lowest BCUT2D eigenvalue weighted by Gasteiger charge is -2.26. The molecule has 0 bridgehead atoms. The molecule has 3 N–H and O–H groups in total. The standard InChI is InChI=1S/C15H22N2O3/c1-4-12(11-9-7-6-8-10-11)16-14(20)17-15(3,5-2)13(18)19/h6-10,12H,4-5H2,1-3H3,(H,18,19)(H2,16,17,20). The molecule has 2 atom stereocenters. The number of rotatable bonds is 6. The summed E-state index contributed by atoms with van der Waals surface area (Å²) < 4.78 is 0. The number of carboxylic acids is 1. The minimum absolute atomic E-state index is 0.133. The predicted octanol–water partition coefficient (Wildman–Crippen LogP) is 2.69. The number of carbonyl (C=O) groups is 2. The zero-order valence-corrected chi connectivity index (χ0v) is 12.1. The van der Waals surface area contributed by atoms with Crippen LogP contribution in [0.4, 0.5) is 4.79 Å². The van der Waals surface area contributed by atoms with Crippen molar-refractivity contribution in [2.45, 2.75) is 45.2 Å². The Morgan fingerprint density at radius 2 is 1.85 bits per heavy atom. The third-order valence-electron chi connectivity index (χ3n) is 3.48. The molecule has 5 heteroatoms. The van der Waals surface area contributed by atoms with Gasteiger partial charge in [-0.2, -0.15) is 0 Å². The molecule has 0 aromatic heterocycles. The fraction of sp³-hybridized carbons (Fsp3) is 0.467. The Labute approximate surface area is 119 Å². The Kier molecular flexibility index (Phi) is 5.55. The zero-order valence-electron chi connectivity index (χ0n) is 12.1. The summed E-state index contributed by atoms with van der Waals surface area (Å²) in [6.07, 6.45) is 1.05. The highest BCUT2D eigenvalue weighted by molar-refractivity contribution is 5.85. The first kappa shape index (κ1) is 16.0. The van der Waals surface area contributed by atoms with E-state index in [-0.39, 0.29) is 6.04 Å². The maximum atomic E-state index is 12.0. The molecule has 1 aromatic rings. The number of urea groups is 1. The van der Waals surface area contributed by atoms with E-state index in [1.54, 1.807) is 6.92 Å². The van der Waals surface area contributed by atoms with Gasteiger partial charge in [0, 0.05) is 0 Å². The Morgan fingerprint density at radius 3 is 2.30 bits per heavy atom. The lowest BCUT2D eigenvalue weighted by atomic mass is 9.99. The molecule has 0 aliphatic rings. The van der Waals surface area contributed by atoms with E-state index in [1.807, 2.05) is 37.3 Å². The summed E-state index contributed by atoms with van der Waals surface area (Å²) in [5.41, 5.74) is -0.252. The van der Waals surface area contributed by atoms with E-state index in [0.717, 1.165) is 12.0 Å². The van der Waals surface area contributed by atoms with E-state index in [1.165, 1.54) is 6.92 Å². The first-order chi connectivity index (χ1) is 9.42. The average molecular weight is 278 g/mol. The van der Waals surface area contributed by atoms with Gasteiger partial charge in [0.2, 0.25) is 0 Å². The molecule has 0 heterocycles. The van der Waals surface area contributed by atoms with E-state index < -0.39 is 17.5 Å². The molecular weight excluding hydrogens is 256 g/mol. The highest BCUT2D eigenvalue weighted by Gasteiger charge is 2.33. The largest absolute Gasteiger partial charge is 0.480 e. The van der Waals surface area contributed by atoms with Crippen LogP contribution in [0.1, 0.15) is 45.2 Å². The third-order valence-corrected chi connectivity index (χ3v) is 3.48. The average Bonchev–Trinajstić information content (AvgIpc) is 2.45. The summed E-state index contributed by atoms with van der Waals surface area (Å²) in [5.74, 6) is -1.04. The first-order valence-electron chi connectivity index (χ1n) is 6.80. The van der Waals surface area contributed by atoms with Gasteiger partial charge in [-0.3, -0.25) is 0 Å². The van der Waals surface area contributed by atoms with Gasteiger partial charge in [0.25, 0.3) is 0 Å². The van der Waals surface area contributed by atoms with Crippen LogP contribution in [0.2, 0.25) is 0 Å². The normalized spacial score (nSPS) is 14.9. The van der Waals surface area contributed by atoms with E-state index in [4.69, 9.17) is 5.11 Å². The van der Waals surface area contributed by atoms with E-state index in [9.17, 15) is 9.59 Å². The molecular formula is C15H22N2O3. The van der Waals surface area contributed by atoms with Gasteiger partial charge in [0.1, 0.15) is 5.54 Å². The van der Waals surface area contributed by atoms with Crippen molar-refractivity contribution in [3.8, 4) is 0 Å². The minimum Gasteiger partial charge on any atom is -0.480 e. The van der Waals surface area contributed by atoms with Crippen molar-refractivity contribution in [1.29, 1.82) is 0 Å². The van der Waals surface area contributed by atoms with Crippen molar-refractivity contribution >= 4 is 12.0 Å². The molecule has 0 saturated carbocycles. The van der Waals surface area contributed by atoms with Crippen molar-refractivity contribution in [2.75, 3.05) is 0 Å². The van der Waals surface area contributed by atoms with Gasteiger partial charge < -0.3 is 15.7 Å². The van der Waals surface area contributed by atoms with Gasteiger partial charge >= 0.3 is 12.0 Å². The van der Waals surface area contributed by atoms with Crippen molar-refractivity contribution < 1.29 is 14.7 Å². The molecule has 1 rings (SSSR count). The molecule has 0 spiro atoms. The fourth-order valence-electron chi connectivity index (χ4n) is 1.84. The van der Waals surface area contributed by atoms with E-state index >= 15 is 0 Å². The molecule has 1 aromatic carbocycles. The summed E-state index contributed by atoms with van der Waals surface area (Å²) >= 11 is 0. The summed E-state index contributed by atoms with van der Waals surface area (Å²) in [7, 11) is 0. The van der Waals surface area contributed by atoms with Crippen LogP contribution in [-0.4, -0.2) is 22.6 Å². The van der Waals surface area contributed by atoms with Gasteiger partial charge in [-0.15, -0.1) is 0 Å². The number of hydrogen-bond acceptors (Lipinski definition) is 2. The van der Waals surface area contributed by atoms with Crippen molar-refractivity contribution in [1.82, 2.24) is 10.6 Å². The maximum Gasteiger partial charge on any atom is 0.329 e. The van der Waals surface area contributed by atoms with E-state index in [0.29, 0.717) is 6.42 Å². The van der Waals surface area contributed by atoms with Crippen LogP contribution in [0.3, 0.4) is 0 Å². The van der Waals surface area contributed by atoms with Crippen LogP contribution >= 0.6 is 0 Å². The van der Waals surface area contributed by atoms with Gasteiger partial charge in [-0.25, -0.2) is 9.59 Å². The summed E-state index contributed by atoms with van der Waals surface area (Å²) in [4.78, 5) is 23.1. The van der Waals surface area contributed by atoms with Crippen LogP contribution in [0.15, 0.2) is 30.3 Å².